The average molecular weight is 343 g/mol. The molecular formula is C14H19ClN4O2S. The predicted octanol–water partition coefficient (Wildman–Crippen LogP) is 1.38. The molecule has 1 unspecified atom stereocenters. The molecule has 0 aliphatic carbocycles. The van der Waals surface area contributed by atoms with E-state index in [0.29, 0.717) is 24.7 Å². The Morgan fingerprint density at radius 2 is 2.23 bits per heavy atom. The smallest absolute Gasteiger partial charge is 0.282 e. The van der Waals surface area contributed by atoms with E-state index in [1.807, 2.05) is 24.3 Å². The van der Waals surface area contributed by atoms with Gasteiger partial charge in [-0.1, -0.05) is 29.8 Å². The van der Waals surface area contributed by atoms with Crippen LogP contribution in [-0.4, -0.2) is 50.3 Å². The van der Waals surface area contributed by atoms with Crippen molar-refractivity contribution in [1.29, 1.82) is 5.26 Å². The van der Waals surface area contributed by atoms with Crippen LogP contribution in [0.25, 0.3) is 0 Å². The fraction of sp³-hybridized carbons (Fsp3) is 0.500. The molecule has 0 bridgehead atoms. The maximum absolute atomic E-state index is 12.8. The Labute approximate surface area is 136 Å². The largest absolute Gasteiger partial charge is 0.313 e. The molecule has 0 spiro atoms. The van der Waals surface area contributed by atoms with Crippen molar-refractivity contribution in [1.82, 2.24) is 13.9 Å². The lowest BCUT2D eigenvalue weighted by atomic mass is 10.1. The summed E-state index contributed by atoms with van der Waals surface area (Å²) < 4.78 is 28.2. The van der Waals surface area contributed by atoms with Crippen molar-refractivity contribution >= 4 is 21.8 Å². The minimum atomic E-state index is -3.63. The predicted molar refractivity (Wildman–Crippen MR) is 85.5 cm³/mol. The van der Waals surface area contributed by atoms with Gasteiger partial charge in [0.25, 0.3) is 10.2 Å². The molecule has 6 nitrogen and oxygen atoms in total. The van der Waals surface area contributed by atoms with E-state index in [2.05, 4.69) is 5.32 Å². The van der Waals surface area contributed by atoms with Gasteiger partial charge in [-0.2, -0.15) is 22.3 Å². The van der Waals surface area contributed by atoms with Crippen LogP contribution in [0.15, 0.2) is 24.3 Å². The van der Waals surface area contributed by atoms with Crippen molar-refractivity contribution in [2.45, 2.75) is 12.5 Å². The van der Waals surface area contributed by atoms with Gasteiger partial charge in [0.2, 0.25) is 0 Å². The highest BCUT2D eigenvalue weighted by atomic mass is 35.5. The third-order valence-corrected chi connectivity index (χ3v) is 6.03. The number of piperazine rings is 1. The quantitative estimate of drug-likeness (QED) is 0.877. The molecule has 1 aromatic carbocycles. The summed E-state index contributed by atoms with van der Waals surface area (Å²) in [5.41, 5.74) is 0.786. The average Bonchev–Trinajstić information content (AvgIpc) is 2.53. The summed E-state index contributed by atoms with van der Waals surface area (Å²) >= 11 is 6.23. The zero-order chi connectivity index (χ0) is 16.2. The maximum Gasteiger partial charge on any atom is 0.282 e. The zero-order valence-corrected chi connectivity index (χ0v) is 13.9. The fourth-order valence-corrected chi connectivity index (χ4v) is 4.25. The minimum Gasteiger partial charge on any atom is -0.313 e. The van der Waals surface area contributed by atoms with Crippen LogP contribution in [-0.2, 0) is 10.2 Å². The van der Waals surface area contributed by atoms with Crippen molar-refractivity contribution in [2.75, 3.05) is 33.2 Å². The van der Waals surface area contributed by atoms with Gasteiger partial charge < -0.3 is 5.32 Å². The van der Waals surface area contributed by atoms with E-state index in [1.165, 1.54) is 15.7 Å². The first-order chi connectivity index (χ1) is 10.5. The van der Waals surface area contributed by atoms with E-state index in [-0.39, 0.29) is 19.0 Å². The third kappa shape index (κ3) is 3.59. The Morgan fingerprint density at radius 3 is 2.91 bits per heavy atom. The summed E-state index contributed by atoms with van der Waals surface area (Å²) in [6, 6.07) is 8.89. The van der Waals surface area contributed by atoms with E-state index in [9.17, 15) is 8.42 Å². The number of nitriles is 1. The molecule has 0 amide bonds. The lowest BCUT2D eigenvalue weighted by Gasteiger charge is -2.37. The maximum atomic E-state index is 12.8. The van der Waals surface area contributed by atoms with Crippen molar-refractivity contribution in [3.8, 4) is 6.07 Å². The van der Waals surface area contributed by atoms with Gasteiger partial charge >= 0.3 is 0 Å². The lowest BCUT2D eigenvalue weighted by molar-refractivity contribution is 0.253. The Hall–Kier alpha value is -1.17. The first-order valence-corrected chi connectivity index (χ1v) is 8.81. The van der Waals surface area contributed by atoms with E-state index < -0.39 is 10.2 Å². The van der Waals surface area contributed by atoms with Crippen LogP contribution in [0, 0.1) is 11.3 Å². The highest BCUT2D eigenvalue weighted by Gasteiger charge is 2.36. The monoisotopic (exact) mass is 342 g/mol. The highest BCUT2D eigenvalue weighted by Crippen LogP contribution is 2.31. The number of hydrogen-bond donors (Lipinski definition) is 1. The summed E-state index contributed by atoms with van der Waals surface area (Å²) in [5, 5.41) is 12.4. The number of nitrogens with one attached hydrogen (secondary N) is 1. The van der Waals surface area contributed by atoms with Crippen LogP contribution in [0.2, 0.25) is 5.02 Å². The first-order valence-electron chi connectivity index (χ1n) is 7.03. The van der Waals surface area contributed by atoms with E-state index in [1.54, 1.807) is 6.07 Å². The molecule has 0 saturated carbocycles. The highest BCUT2D eigenvalue weighted by molar-refractivity contribution is 7.86. The topological polar surface area (TPSA) is 76.4 Å². The molecule has 1 heterocycles. The lowest BCUT2D eigenvalue weighted by Crippen LogP contribution is -2.52. The molecule has 1 fully saturated rings. The summed E-state index contributed by atoms with van der Waals surface area (Å²) in [7, 11) is -2.13. The Kier molecular flexibility index (Phi) is 5.78. The molecule has 1 aliphatic rings. The second-order valence-electron chi connectivity index (χ2n) is 5.09. The molecule has 0 aromatic heterocycles. The van der Waals surface area contributed by atoms with Gasteiger partial charge in [0.1, 0.15) is 0 Å². The summed E-state index contributed by atoms with van der Waals surface area (Å²) in [5.74, 6) is 0. The van der Waals surface area contributed by atoms with Gasteiger partial charge in [-0.05, 0) is 11.6 Å². The molecule has 22 heavy (non-hydrogen) atoms. The van der Waals surface area contributed by atoms with Gasteiger partial charge in [-0.3, -0.25) is 0 Å². The molecule has 1 aromatic rings. The van der Waals surface area contributed by atoms with Gasteiger partial charge in [0.15, 0.2) is 0 Å². The SMILES string of the molecule is CN(CCC#N)S(=O)(=O)N1CCNCC1c1ccccc1Cl. The molecule has 1 atom stereocenters. The molecule has 1 N–H and O–H groups in total. The van der Waals surface area contributed by atoms with Crippen molar-refractivity contribution in [2.24, 2.45) is 0 Å². The second-order valence-corrected chi connectivity index (χ2v) is 7.48. The number of benzene rings is 1. The second kappa shape index (κ2) is 7.40. The molecule has 1 aliphatic heterocycles. The summed E-state index contributed by atoms with van der Waals surface area (Å²) in [6.45, 7) is 1.65. The third-order valence-electron chi connectivity index (χ3n) is 3.69. The van der Waals surface area contributed by atoms with Crippen molar-refractivity contribution in [3.63, 3.8) is 0 Å². The van der Waals surface area contributed by atoms with Gasteiger partial charge in [-0.25, -0.2) is 0 Å². The Balaban J connectivity index is 2.31. The summed E-state index contributed by atoms with van der Waals surface area (Å²) in [4.78, 5) is 0. The molecular weight excluding hydrogens is 324 g/mol. The van der Waals surface area contributed by atoms with Crippen LogP contribution in [0.5, 0.6) is 0 Å². The first kappa shape index (κ1) is 17.2. The van der Waals surface area contributed by atoms with Crippen LogP contribution in [0.4, 0.5) is 0 Å². The molecule has 1 saturated heterocycles. The molecule has 0 radical (unpaired) electrons. The van der Waals surface area contributed by atoms with Gasteiger partial charge in [0, 0.05) is 44.7 Å². The Bertz CT molecular complexity index is 659. The summed E-state index contributed by atoms with van der Waals surface area (Å²) in [6.07, 6.45) is 0.165. The number of nitrogens with zero attached hydrogens (tertiary/aromatic N) is 3. The fourth-order valence-electron chi connectivity index (χ4n) is 2.47. The van der Waals surface area contributed by atoms with E-state index in [4.69, 9.17) is 16.9 Å². The normalized spacial score (nSPS) is 20.0. The molecule has 2 rings (SSSR count). The number of hydrogen-bond acceptors (Lipinski definition) is 4. The van der Waals surface area contributed by atoms with Gasteiger partial charge in [0.05, 0.1) is 12.1 Å². The van der Waals surface area contributed by atoms with Gasteiger partial charge in [-0.15, -0.1) is 0 Å². The molecule has 8 heteroatoms. The van der Waals surface area contributed by atoms with Crippen LogP contribution in [0.3, 0.4) is 0 Å². The van der Waals surface area contributed by atoms with Crippen molar-refractivity contribution < 1.29 is 8.42 Å². The van der Waals surface area contributed by atoms with E-state index in [0.717, 1.165) is 5.56 Å². The molecule has 120 valence electrons. The standard InChI is InChI=1S/C14H19ClN4O2S/c1-18(9-4-7-16)22(20,21)19-10-8-17-11-14(19)12-5-2-3-6-13(12)15/h2-3,5-6,14,17H,4,8-11H2,1H3. The number of halogens is 1. The van der Waals surface area contributed by atoms with Crippen molar-refractivity contribution in [3.05, 3.63) is 34.9 Å². The minimum absolute atomic E-state index is 0.165. The van der Waals surface area contributed by atoms with E-state index >= 15 is 0 Å². The van der Waals surface area contributed by atoms with Crippen LogP contribution >= 0.6 is 11.6 Å². The zero-order valence-electron chi connectivity index (χ0n) is 12.4. The van der Waals surface area contributed by atoms with Crippen LogP contribution in [0.1, 0.15) is 18.0 Å². The number of rotatable bonds is 5. The Morgan fingerprint density at radius 1 is 1.50 bits per heavy atom. The van der Waals surface area contributed by atoms with Crippen LogP contribution < -0.4 is 5.32 Å².